The predicted molar refractivity (Wildman–Crippen MR) is 236 cm³/mol. The maximum Gasteiger partial charge on any atom is 0.272 e. The lowest BCUT2D eigenvalue weighted by atomic mass is 10.0. The van der Waals surface area contributed by atoms with Crippen molar-refractivity contribution in [1.82, 2.24) is 36.2 Å². The van der Waals surface area contributed by atoms with Crippen LogP contribution in [0.4, 0.5) is 11.4 Å². The number of fused-ring (bicyclic) bond motifs is 3. The van der Waals surface area contributed by atoms with Gasteiger partial charge < -0.3 is 58.3 Å². The molecule has 6 aromatic rings. The van der Waals surface area contributed by atoms with Gasteiger partial charge in [0.25, 0.3) is 23.6 Å². The Morgan fingerprint density at radius 1 is 0.475 bits per heavy atom. The minimum absolute atomic E-state index is 0.224. The lowest BCUT2D eigenvalue weighted by molar-refractivity contribution is -0.123. The fourth-order valence-corrected chi connectivity index (χ4v) is 6.86. The molecule has 6 amide bonds. The van der Waals surface area contributed by atoms with Crippen LogP contribution in [0.2, 0.25) is 0 Å². The first-order valence-corrected chi connectivity index (χ1v) is 20.3. The number of benzene rings is 3. The van der Waals surface area contributed by atoms with Gasteiger partial charge in [0.15, 0.2) is 0 Å². The molecule has 3 aromatic heterocycles. The van der Waals surface area contributed by atoms with Gasteiger partial charge in [-0.15, -0.1) is 0 Å². The number of anilines is 2. The molecular formula is C44H53N11O6. The number of hydrogen-bond donors (Lipinski definition) is 11. The summed E-state index contributed by atoms with van der Waals surface area (Å²) in [4.78, 5) is 85.7. The van der Waals surface area contributed by atoms with E-state index in [0.29, 0.717) is 74.9 Å². The van der Waals surface area contributed by atoms with Crippen LogP contribution in [-0.2, 0) is 9.59 Å². The molecule has 0 saturated heterocycles. The Morgan fingerprint density at radius 3 is 1.39 bits per heavy atom. The van der Waals surface area contributed by atoms with Gasteiger partial charge in [-0.1, -0.05) is 39.8 Å². The Hall–Kier alpha value is -6.98. The Bertz CT molecular complexity index is 2450. The van der Waals surface area contributed by atoms with E-state index in [-0.39, 0.29) is 61.4 Å². The molecule has 0 aliphatic carbocycles. The molecule has 0 spiro atoms. The van der Waals surface area contributed by atoms with E-state index in [1.807, 2.05) is 27.7 Å². The second kappa shape index (κ2) is 19.4. The highest BCUT2D eigenvalue weighted by molar-refractivity contribution is 6.10. The van der Waals surface area contributed by atoms with Gasteiger partial charge in [0.05, 0.1) is 12.1 Å². The van der Waals surface area contributed by atoms with Crippen LogP contribution in [0.15, 0.2) is 72.8 Å². The molecule has 17 heteroatoms. The number of nitrogens with two attached hydrogens (primary N) is 2. The maximum atomic E-state index is 13.3. The maximum absolute atomic E-state index is 13.3. The lowest BCUT2D eigenvalue weighted by Gasteiger charge is -2.14. The smallest absolute Gasteiger partial charge is 0.272 e. The molecule has 0 unspecified atom stereocenters. The highest BCUT2D eigenvalue weighted by Gasteiger charge is 2.18. The van der Waals surface area contributed by atoms with E-state index in [0.717, 1.165) is 10.8 Å². The van der Waals surface area contributed by atoms with Gasteiger partial charge in [-0.2, -0.15) is 0 Å². The molecule has 3 aromatic carbocycles. The van der Waals surface area contributed by atoms with Crippen LogP contribution in [0, 0.1) is 11.8 Å². The standard InChI is InChI=1S/C44H53N11O6/c1-23(2)15-31(45)40(57)47-11-13-49-42(59)36-18-25-5-8-29(21-34(25)54-36)51-39(56)27-7-10-33-28(17-27)20-38(53-33)44(61)52-30-9-6-26-19-37(55-35(26)22-30)43(60)50-14-12-48-41(58)32(46)16-24(3)4/h5-10,17-24,31-32,53-55H,11-16,45-46H2,1-4H3,(H,47,57)(H,48,58)(H,49,59)(H,50,60)(H,51,56)(H,52,61)/t31-,32-/m0/s1. The average molecular weight is 832 g/mol. The molecule has 17 nitrogen and oxygen atoms in total. The second-order valence-electron chi connectivity index (χ2n) is 15.9. The number of hydrogen-bond acceptors (Lipinski definition) is 8. The number of H-pyrrole nitrogens is 3. The summed E-state index contributed by atoms with van der Waals surface area (Å²) in [5.41, 5.74) is 16.1. The highest BCUT2D eigenvalue weighted by Crippen LogP contribution is 2.24. The minimum atomic E-state index is -0.595. The molecule has 61 heavy (non-hydrogen) atoms. The summed E-state index contributed by atoms with van der Waals surface area (Å²) in [6, 6.07) is 19.4. The summed E-state index contributed by atoms with van der Waals surface area (Å²) in [6.07, 6.45) is 1.15. The Labute approximate surface area is 351 Å². The number of aromatic amines is 3. The van der Waals surface area contributed by atoms with Gasteiger partial charge in [0.2, 0.25) is 11.8 Å². The van der Waals surface area contributed by atoms with Gasteiger partial charge in [-0.3, -0.25) is 28.8 Å². The van der Waals surface area contributed by atoms with Gasteiger partial charge in [0, 0.05) is 75.8 Å². The third-order valence-electron chi connectivity index (χ3n) is 9.92. The van der Waals surface area contributed by atoms with Crippen LogP contribution in [-0.4, -0.2) is 88.7 Å². The van der Waals surface area contributed by atoms with Crippen LogP contribution in [0.3, 0.4) is 0 Å². The number of amides is 6. The molecular weight excluding hydrogens is 779 g/mol. The molecule has 0 aliphatic heterocycles. The van der Waals surface area contributed by atoms with Gasteiger partial charge in [-0.05, 0) is 85.3 Å². The zero-order valence-corrected chi connectivity index (χ0v) is 34.6. The quantitative estimate of drug-likeness (QED) is 0.0561. The van der Waals surface area contributed by atoms with Crippen LogP contribution in [0.25, 0.3) is 32.7 Å². The molecule has 320 valence electrons. The minimum Gasteiger partial charge on any atom is -0.353 e. The summed E-state index contributed by atoms with van der Waals surface area (Å²) < 4.78 is 0. The van der Waals surface area contributed by atoms with Crippen molar-refractivity contribution >= 4 is 79.5 Å². The highest BCUT2D eigenvalue weighted by atomic mass is 16.2. The molecule has 0 saturated carbocycles. The third kappa shape index (κ3) is 11.4. The fraction of sp³-hybridized carbons (Fsp3) is 0.318. The normalized spacial score (nSPS) is 12.4. The van der Waals surface area contributed by atoms with Crippen LogP contribution < -0.4 is 43.4 Å². The molecule has 0 aliphatic rings. The summed E-state index contributed by atoms with van der Waals surface area (Å²) >= 11 is 0. The Balaban J connectivity index is 1.00. The first kappa shape index (κ1) is 43.6. The van der Waals surface area contributed by atoms with E-state index >= 15 is 0 Å². The Kier molecular flexibility index (Phi) is 13.9. The number of nitrogens with one attached hydrogen (secondary N) is 9. The molecule has 0 bridgehead atoms. The number of aromatic nitrogens is 3. The molecule has 2 atom stereocenters. The second-order valence-corrected chi connectivity index (χ2v) is 15.9. The van der Waals surface area contributed by atoms with Gasteiger partial charge in [0.1, 0.15) is 17.1 Å². The predicted octanol–water partition coefficient (Wildman–Crippen LogP) is 4.07. The topological polar surface area (TPSA) is 274 Å². The average Bonchev–Trinajstić information content (AvgIpc) is 3.96. The van der Waals surface area contributed by atoms with E-state index in [4.69, 9.17) is 11.5 Å². The van der Waals surface area contributed by atoms with E-state index in [9.17, 15) is 28.8 Å². The first-order chi connectivity index (χ1) is 29.1. The Morgan fingerprint density at radius 2 is 0.902 bits per heavy atom. The van der Waals surface area contributed by atoms with Crippen molar-refractivity contribution in [2.45, 2.75) is 52.6 Å². The van der Waals surface area contributed by atoms with Crippen molar-refractivity contribution in [3.8, 4) is 0 Å². The summed E-state index contributed by atoms with van der Waals surface area (Å²) in [7, 11) is 0. The number of carbonyl (C=O) groups is 6. The summed E-state index contributed by atoms with van der Waals surface area (Å²) in [5, 5.41) is 19.0. The van der Waals surface area contributed by atoms with Crippen molar-refractivity contribution in [3.05, 3.63) is 95.4 Å². The van der Waals surface area contributed by atoms with Crippen LogP contribution in [0.5, 0.6) is 0 Å². The van der Waals surface area contributed by atoms with Crippen molar-refractivity contribution in [2.24, 2.45) is 23.3 Å². The van der Waals surface area contributed by atoms with Gasteiger partial charge >= 0.3 is 0 Å². The molecule has 13 N–H and O–H groups in total. The largest absolute Gasteiger partial charge is 0.353 e. The fourth-order valence-electron chi connectivity index (χ4n) is 6.86. The zero-order chi connectivity index (χ0) is 43.8. The van der Waals surface area contributed by atoms with E-state index in [2.05, 4.69) is 46.9 Å². The lowest BCUT2D eigenvalue weighted by Crippen LogP contribution is -2.44. The molecule has 3 heterocycles. The van der Waals surface area contributed by atoms with E-state index in [1.165, 1.54) is 0 Å². The molecule has 0 fully saturated rings. The van der Waals surface area contributed by atoms with Crippen molar-refractivity contribution in [3.63, 3.8) is 0 Å². The monoisotopic (exact) mass is 831 g/mol. The van der Waals surface area contributed by atoms with Crippen molar-refractivity contribution in [2.75, 3.05) is 36.8 Å². The van der Waals surface area contributed by atoms with Crippen LogP contribution in [0.1, 0.15) is 82.4 Å². The zero-order valence-electron chi connectivity index (χ0n) is 34.6. The van der Waals surface area contributed by atoms with E-state index < -0.39 is 18.0 Å². The SMILES string of the molecule is CC(C)C[C@H](N)C(=O)NCCNC(=O)c1cc2ccc(NC(=O)c3ccc4[nH]c(C(=O)Nc5ccc6cc(C(=O)NCCNC(=O)[C@@H](N)CC(C)C)[nH]c6c5)cc4c3)cc2[nH]1. The molecule has 6 rings (SSSR count). The molecule has 0 radical (unpaired) electrons. The van der Waals surface area contributed by atoms with Crippen molar-refractivity contribution in [1.29, 1.82) is 0 Å². The van der Waals surface area contributed by atoms with Crippen molar-refractivity contribution < 1.29 is 28.8 Å². The third-order valence-corrected chi connectivity index (χ3v) is 9.92. The van der Waals surface area contributed by atoms with Gasteiger partial charge in [-0.25, -0.2) is 0 Å². The first-order valence-electron chi connectivity index (χ1n) is 20.3. The summed E-state index contributed by atoms with van der Waals surface area (Å²) in [5.74, 6) is -1.37. The van der Waals surface area contributed by atoms with Crippen LogP contribution >= 0.6 is 0 Å². The summed E-state index contributed by atoms with van der Waals surface area (Å²) in [6.45, 7) is 8.91. The van der Waals surface area contributed by atoms with E-state index in [1.54, 1.807) is 72.8 Å². The number of carbonyl (C=O) groups excluding carboxylic acids is 6. The number of rotatable bonds is 18.